The lowest BCUT2D eigenvalue weighted by Gasteiger charge is -2.30. The molecule has 0 amide bonds. The standard InChI is InChI=1S/C19H30F2N4O.HI/c1-4-22-19(23-11-15-6-5-9-25(3)13-15)24-12-16-10-14(2)7-8-17(16)26-18(20)21;/h7-8,10,15,18H,4-6,9,11-13H2,1-3H3,(H2,22,23,24);1H. The van der Waals surface area contributed by atoms with Crippen molar-refractivity contribution in [3.05, 3.63) is 29.3 Å². The molecule has 1 aromatic rings. The van der Waals surface area contributed by atoms with Crippen LogP contribution in [0.2, 0.25) is 0 Å². The maximum Gasteiger partial charge on any atom is 0.387 e. The summed E-state index contributed by atoms with van der Waals surface area (Å²) >= 11 is 0. The van der Waals surface area contributed by atoms with Crippen molar-refractivity contribution in [1.82, 2.24) is 15.5 Å². The van der Waals surface area contributed by atoms with Crippen LogP contribution in [0.4, 0.5) is 8.78 Å². The summed E-state index contributed by atoms with van der Waals surface area (Å²) in [6, 6.07) is 5.17. The minimum atomic E-state index is -2.84. The number of alkyl halides is 2. The van der Waals surface area contributed by atoms with Gasteiger partial charge in [-0.1, -0.05) is 17.7 Å². The highest BCUT2D eigenvalue weighted by Gasteiger charge is 2.17. The van der Waals surface area contributed by atoms with Crippen molar-refractivity contribution in [2.75, 3.05) is 33.2 Å². The van der Waals surface area contributed by atoms with Crippen molar-refractivity contribution in [2.24, 2.45) is 10.9 Å². The van der Waals surface area contributed by atoms with Crippen LogP contribution in [0, 0.1) is 12.8 Å². The second-order valence-electron chi connectivity index (χ2n) is 6.84. The second kappa shape index (κ2) is 12.3. The van der Waals surface area contributed by atoms with Crippen molar-refractivity contribution in [3.63, 3.8) is 0 Å². The Balaban J connectivity index is 0.00000364. The van der Waals surface area contributed by atoms with Gasteiger partial charge < -0.3 is 20.3 Å². The maximum atomic E-state index is 12.6. The summed E-state index contributed by atoms with van der Waals surface area (Å²) in [5, 5.41) is 6.59. The highest BCUT2D eigenvalue weighted by Crippen LogP contribution is 2.23. The number of hydrogen-bond donors (Lipinski definition) is 2. The number of likely N-dealkylation sites (tertiary alicyclic amines) is 1. The van der Waals surface area contributed by atoms with E-state index < -0.39 is 6.61 Å². The van der Waals surface area contributed by atoms with Gasteiger partial charge in [-0.3, -0.25) is 0 Å². The molecular formula is C19H31F2IN4O. The molecule has 0 aromatic heterocycles. The van der Waals surface area contributed by atoms with E-state index >= 15 is 0 Å². The molecule has 1 fully saturated rings. The Labute approximate surface area is 178 Å². The summed E-state index contributed by atoms with van der Waals surface area (Å²) in [6.07, 6.45) is 2.43. The molecule has 0 saturated carbocycles. The van der Waals surface area contributed by atoms with Crippen molar-refractivity contribution in [2.45, 2.75) is 39.8 Å². The number of rotatable bonds is 7. The molecule has 1 aliphatic rings. The summed E-state index contributed by atoms with van der Waals surface area (Å²) < 4.78 is 29.8. The van der Waals surface area contributed by atoms with Crippen LogP contribution in [0.25, 0.3) is 0 Å². The SMILES string of the molecule is CCNC(=NCc1cc(C)ccc1OC(F)F)NCC1CCCN(C)C1.I. The summed E-state index contributed by atoms with van der Waals surface area (Å²) in [6.45, 7) is 5.20. The molecule has 1 heterocycles. The van der Waals surface area contributed by atoms with Crippen LogP contribution in [0.3, 0.4) is 0 Å². The molecule has 0 aliphatic carbocycles. The molecule has 8 heteroatoms. The third-order valence-corrected chi connectivity index (χ3v) is 4.46. The third kappa shape index (κ3) is 8.59. The summed E-state index contributed by atoms with van der Waals surface area (Å²) in [5.41, 5.74) is 1.64. The first kappa shape index (κ1) is 23.9. The largest absolute Gasteiger partial charge is 0.434 e. The molecule has 1 saturated heterocycles. The van der Waals surface area contributed by atoms with E-state index in [1.165, 1.54) is 12.8 Å². The lowest BCUT2D eigenvalue weighted by atomic mass is 9.99. The molecule has 154 valence electrons. The van der Waals surface area contributed by atoms with Gasteiger partial charge in [-0.25, -0.2) is 4.99 Å². The van der Waals surface area contributed by atoms with Crippen LogP contribution >= 0.6 is 24.0 Å². The van der Waals surface area contributed by atoms with Gasteiger partial charge in [0.15, 0.2) is 5.96 Å². The molecule has 2 rings (SSSR count). The van der Waals surface area contributed by atoms with Crippen LogP contribution in [0.5, 0.6) is 5.75 Å². The van der Waals surface area contributed by atoms with E-state index in [0.717, 1.165) is 31.7 Å². The zero-order valence-electron chi connectivity index (χ0n) is 16.3. The van der Waals surface area contributed by atoms with E-state index in [0.29, 0.717) is 17.4 Å². The highest BCUT2D eigenvalue weighted by molar-refractivity contribution is 14.0. The molecular weight excluding hydrogens is 465 g/mol. The first-order chi connectivity index (χ1) is 12.5. The van der Waals surface area contributed by atoms with Crippen LogP contribution in [-0.4, -0.2) is 50.7 Å². The summed E-state index contributed by atoms with van der Waals surface area (Å²) in [7, 11) is 2.15. The molecule has 27 heavy (non-hydrogen) atoms. The minimum Gasteiger partial charge on any atom is -0.434 e. The Hall–Kier alpha value is -1.16. The summed E-state index contributed by atoms with van der Waals surface area (Å²) in [4.78, 5) is 6.90. The fourth-order valence-corrected chi connectivity index (χ4v) is 3.23. The number of aliphatic imine (C=N–C) groups is 1. The predicted octanol–water partition coefficient (Wildman–Crippen LogP) is 3.61. The summed E-state index contributed by atoms with van der Waals surface area (Å²) in [5.74, 6) is 1.47. The van der Waals surface area contributed by atoms with Crippen molar-refractivity contribution in [3.8, 4) is 5.75 Å². The minimum absolute atomic E-state index is 0. The Bertz CT molecular complexity index is 601. The Kier molecular flexibility index (Phi) is 10.9. The van der Waals surface area contributed by atoms with E-state index in [9.17, 15) is 8.78 Å². The van der Waals surface area contributed by atoms with E-state index in [2.05, 4.69) is 32.3 Å². The molecule has 1 atom stereocenters. The molecule has 1 aromatic carbocycles. The number of piperidine rings is 1. The fraction of sp³-hybridized carbons (Fsp3) is 0.632. The molecule has 1 aliphatic heterocycles. The van der Waals surface area contributed by atoms with Crippen molar-refractivity contribution in [1.29, 1.82) is 0 Å². The first-order valence-electron chi connectivity index (χ1n) is 9.23. The number of benzene rings is 1. The number of guanidine groups is 1. The van der Waals surface area contributed by atoms with Crippen LogP contribution in [0.15, 0.2) is 23.2 Å². The van der Waals surface area contributed by atoms with Gasteiger partial charge in [0.2, 0.25) is 0 Å². The number of ether oxygens (including phenoxy) is 1. The molecule has 2 N–H and O–H groups in total. The molecule has 1 unspecified atom stereocenters. The van der Waals surface area contributed by atoms with Crippen molar-refractivity contribution >= 4 is 29.9 Å². The van der Waals surface area contributed by atoms with E-state index in [-0.39, 0.29) is 36.3 Å². The van der Waals surface area contributed by atoms with E-state index in [1.54, 1.807) is 12.1 Å². The van der Waals surface area contributed by atoms with Gasteiger partial charge >= 0.3 is 6.61 Å². The monoisotopic (exact) mass is 496 g/mol. The second-order valence-corrected chi connectivity index (χ2v) is 6.84. The molecule has 0 radical (unpaired) electrons. The number of aryl methyl sites for hydroxylation is 1. The van der Waals surface area contributed by atoms with Crippen LogP contribution in [0.1, 0.15) is 30.9 Å². The topological polar surface area (TPSA) is 48.9 Å². The third-order valence-electron chi connectivity index (χ3n) is 4.46. The van der Waals surface area contributed by atoms with Crippen LogP contribution in [-0.2, 0) is 6.54 Å². The van der Waals surface area contributed by atoms with Gasteiger partial charge in [-0.05, 0) is 52.3 Å². The Morgan fingerprint density at radius 1 is 1.37 bits per heavy atom. The van der Waals surface area contributed by atoms with Gasteiger partial charge in [0.1, 0.15) is 5.75 Å². The Morgan fingerprint density at radius 2 is 2.15 bits per heavy atom. The highest BCUT2D eigenvalue weighted by atomic mass is 127. The zero-order valence-corrected chi connectivity index (χ0v) is 18.6. The van der Waals surface area contributed by atoms with Crippen molar-refractivity contribution < 1.29 is 13.5 Å². The number of hydrogen-bond acceptors (Lipinski definition) is 3. The van der Waals surface area contributed by atoms with Gasteiger partial charge in [0.05, 0.1) is 6.54 Å². The number of nitrogens with zero attached hydrogens (tertiary/aromatic N) is 2. The molecule has 0 bridgehead atoms. The predicted molar refractivity (Wildman–Crippen MR) is 116 cm³/mol. The van der Waals surface area contributed by atoms with Gasteiger partial charge in [-0.2, -0.15) is 8.78 Å². The molecule has 0 spiro atoms. The van der Waals surface area contributed by atoms with Gasteiger partial charge in [0, 0.05) is 25.2 Å². The molecule has 5 nitrogen and oxygen atoms in total. The number of halogens is 3. The van der Waals surface area contributed by atoms with Crippen LogP contribution < -0.4 is 15.4 Å². The average Bonchev–Trinajstić information content (AvgIpc) is 2.59. The smallest absolute Gasteiger partial charge is 0.387 e. The fourth-order valence-electron chi connectivity index (χ4n) is 3.23. The first-order valence-corrected chi connectivity index (χ1v) is 9.23. The zero-order chi connectivity index (χ0) is 18.9. The van der Waals surface area contributed by atoms with E-state index in [1.807, 2.05) is 19.9 Å². The van der Waals surface area contributed by atoms with Gasteiger partial charge in [-0.15, -0.1) is 24.0 Å². The number of nitrogens with one attached hydrogen (secondary N) is 2. The quantitative estimate of drug-likeness (QED) is 0.344. The maximum absolute atomic E-state index is 12.6. The normalized spacial score (nSPS) is 18.1. The lowest BCUT2D eigenvalue weighted by molar-refractivity contribution is -0.0504. The lowest BCUT2D eigenvalue weighted by Crippen LogP contribution is -2.43. The van der Waals surface area contributed by atoms with Gasteiger partial charge in [0.25, 0.3) is 0 Å². The van der Waals surface area contributed by atoms with E-state index in [4.69, 9.17) is 0 Å². The Morgan fingerprint density at radius 3 is 2.81 bits per heavy atom. The average molecular weight is 496 g/mol.